The number of aromatic hydroxyl groups is 1. The third-order valence-corrected chi connectivity index (χ3v) is 4.08. The Hall–Kier alpha value is -2.89. The molecular weight excluding hydrogens is 312 g/mol. The Morgan fingerprint density at radius 1 is 1.04 bits per heavy atom. The maximum Gasteiger partial charge on any atom is 0.312 e. The second-order valence-electron chi connectivity index (χ2n) is 5.40. The van der Waals surface area contributed by atoms with E-state index in [-0.39, 0.29) is 24.1 Å². The quantitative estimate of drug-likeness (QED) is 0.686. The number of esters is 1. The van der Waals surface area contributed by atoms with Gasteiger partial charge < -0.3 is 24.1 Å². The van der Waals surface area contributed by atoms with E-state index >= 15 is 0 Å². The van der Waals surface area contributed by atoms with Crippen molar-refractivity contribution in [2.24, 2.45) is 0 Å². The minimum absolute atomic E-state index is 0.0166. The number of carbonyl (C=O) groups excluding carboxylic acids is 1. The lowest BCUT2D eigenvalue weighted by atomic mass is 9.85. The molecule has 126 valence electrons. The minimum atomic E-state index is -0.349. The number of ether oxygens (including phenoxy) is 4. The van der Waals surface area contributed by atoms with Crippen molar-refractivity contribution < 1.29 is 28.8 Å². The Labute approximate surface area is 139 Å². The fraction of sp³-hybridized carbons (Fsp3) is 0.278. The highest BCUT2D eigenvalue weighted by molar-refractivity contribution is 5.79. The van der Waals surface area contributed by atoms with Crippen LogP contribution >= 0.6 is 0 Å². The summed E-state index contributed by atoms with van der Waals surface area (Å²) in [5.41, 5.74) is 1.53. The van der Waals surface area contributed by atoms with E-state index in [4.69, 9.17) is 18.9 Å². The molecule has 1 aliphatic heterocycles. The summed E-state index contributed by atoms with van der Waals surface area (Å²) in [5, 5.41) is 10.1. The van der Waals surface area contributed by atoms with Crippen molar-refractivity contribution in [3.05, 3.63) is 41.5 Å². The number of hydrogen-bond donors (Lipinski definition) is 1. The molecule has 3 rings (SSSR count). The zero-order valence-electron chi connectivity index (χ0n) is 13.7. The molecule has 2 aromatic carbocycles. The van der Waals surface area contributed by atoms with Crippen molar-refractivity contribution in [1.29, 1.82) is 0 Å². The Kier molecular flexibility index (Phi) is 4.20. The number of fused-ring (bicyclic) bond motifs is 1. The topological polar surface area (TPSA) is 74.2 Å². The summed E-state index contributed by atoms with van der Waals surface area (Å²) < 4.78 is 21.1. The van der Waals surface area contributed by atoms with Gasteiger partial charge in [-0.25, -0.2) is 0 Å². The first-order chi connectivity index (χ1) is 11.6. The van der Waals surface area contributed by atoms with Crippen LogP contribution in [0.3, 0.4) is 0 Å². The molecule has 0 amide bonds. The largest absolute Gasteiger partial charge is 0.504 e. The zero-order valence-corrected chi connectivity index (χ0v) is 13.7. The van der Waals surface area contributed by atoms with Crippen molar-refractivity contribution in [1.82, 2.24) is 0 Å². The Bertz CT molecular complexity index is 783. The minimum Gasteiger partial charge on any atom is -0.504 e. The highest BCUT2D eigenvalue weighted by Gasteiger charge is 2.32. The normalized spacial score (nSPS) is 16.1. The molecule has 2 aromatic rings. The highest BCUT2D eigenvalue weighted by atomic mass is 16.5. The SMILES string of the molecule is COc1cc(OC)c2c(c1)OC(=O)CC2c1ccc(OC)c(O)c1. The van der Waals surface area contributed by atoms with Crippen molar-refractivity contribution in [3.63, 3.8) is 0 Å². The lowest BCUT2D eigenvalue weighted by Gasteiger charge is -2.27. The van der Waals surface area contributed by atoms with Crippen LogP contribution in [-0.2, 0) is 4.79 Å². The third-order valence-electron chi connectivity index (χ3n) is 4.08. The molecular formula is C18H18O6. The molecule has 0 radical (unpaired) electrons. The molecule has 0 aliphatic carbocycles. The summed E-state index contributed by atoms with van der Waals surface area (Å²) in [5.74, 6) is 1.26. The molecule has 6 nitrogen and oxygen atoms in total. The summed E-state index contributed by atoms with van der Waals surface area (Å²) in [6, 6.07) is 8.48. The number of carbonyl (C=O) groups is 1. The molecule has 1 N–H and O–H groups in total. The van der Waals surface area contributed by atoms with Crippen LogP contribution in [0.2, 0.25) is 0 Å². The first-order valence-electron chi connectivity index (χ1n) is 7.40. The van der Waals surface area contributed by atoms with Gasteiger partial charge in [-0.3, -0.25) is 4.79 Å². The van der Waals surface area contributed by atoms with Gasteiger partial charge in [-0.1, -0.05) is 6.07 Å². The van der Waals surface area contributed by atoms with Gasteiger partial charge in [0, 0.05) is 23.6 Å². The zero-order chi connectivity index (χ0) is 17.3. The number of phenolic OH excluding ortho intramolecular Hbond substituents is 1. The van der Waals surface area contributed by atoms with Gasteiger partial charge in [0.05, 0.1) is 27.8 Å². The monoisotopic (exact) mass is 330 g/mol. The van der Waals surface area contributed by atoms with Crippen LogP contribution in [-0.4, -0.2) is 32.4 Å². The second-order valence-corrected chi connectivity index (χ2v) is 5.40. The Morgan fingerprint density at radius 2 is 1.79 bits per heavy atom. The predicted molar refractivity (Wildman–Crippen MR) is 86.3 cm³/mol. The van der Waals surface area contributed by atoms with E-state index in [1.165, 1.54) is 14.2 Å². The van der Waals surface area contributed by atoms with E-state index in [0.717, 1.165) is 11.1 Å². The van der Waals surface area contributed by atoms with Crippen LogP contribution < -0.4 is 18.9 Å². The molecule has 0 saturated carbocycles. The first kappa shape index (κ1) is 16.0. The van der Waals surface area contributed by atoms with E-state index in [9.17, 15) is 9.90 Å². The van der Waals surface area contributed by atoms with Gasteiger partial charge in [-0.15, -0.1) is 0 Å². The number of benzene rings is 2. The van der Waals surface area contributed by atoms with Crippen molar-refractivity contribution in [3.8, 4) is 28.7 Å². The molecule has 1 aliphatic rings. The first-order valence-corrected chi connectivity index (χ1v) is 7.40. The summed E-state index contributed by atoms with van der Waals surface area (Å²) in [7, 11) is 4.57. The molecule has 0 saturated heterocycles. The lowest BCUT2D eigenvalue weighted by molar-refractivity contribution is -0.135. The number of hydrogen-bond acceptors (Lipinski definition) is 6. The predicted octanol–water partition coefficient (Wildman–Crippen LogP) is 2.86. The standard InChI is InChI=1S/C18H18O6/c1-21-11-7-15(23-3)18-12(9-17(20)24-16(18)8-11)10-4-5-14(22-2)13(19)6-10/h4-8,12,19H,9H2,1-3H3. The van der Waals surface area contributed by atoms with Crippen LogP contribution in [0.15, 0.2) is 30.3 Å². The van der Waals surface area contributed by atoms with Crippen LogP contribution in [0.5, 0.6) is 28.7 Å². The third kappa shape index (κ3) is 2.71. The molecule has 0 aromatic heterocycles. The summed E-state index contributed by atoms with van der Waals surface area (Å²) in [4.78, 5) is 12.0. The molecule has 1 atom stereocenters. The Morgan fingerprint density at radius 3 is 2.42 bits per heavy atom. The summed E-state index contributed by atoms with van der Waals surface area (Å²) >= 11 is 0. The van der Waals surface area contributed by atoms with Gasteiger partial charge in [-0.2, -0.15) is 0 Å². The van der Waals surface area contributed by atoms with Crippen LogP contribution in [0.4, 0.5) is 0 Å². The van der Waals surface area contributed by atoms with Crippen LogP contribution in [0, 0.1) is 0 Å². The van der Waals surface area contributed by atoms with Crippen LogP contribution in [0.1, 0.15) is 23.5 Å². The Balaban J connectivity index is 2.14. The van der Waals surface area contributed by atoms with Crippen molar-refractivity contribution in [2.75, 3.05) is 21.3 Å². The van der Waals surface area contributed by atoms with Gasteiger partial charge in [0.25, 0.3) is 0 Å². The highest BCUT2D eigenvalue weighted by Crippen LogP contribution is 2.47. The maximum atomic E-state index is 12.0. The number of methoxy groups -OCH3 is 3. The van der Waals surface area contributed by atoms with Crippen molar-refractivity contribution in [2.45, 2.75) is 12.3 Å². The molecule has 0 bridgehead atoms. The van der Waals surface area contributed by atoms with E-state index < -0.39 is 0 Å². The molecule has 0 spiro atoms. The molecule has 1 unspecified atom stereocenters. The van der Waals surface area contributed by atoms with Crippen LogP contribution in [0.25, 0.3) is 0 Å². The van der Waals surface area contributed by atoms with Crippen molar-refractivity contribution >= 4 is 5.97 Å². The fourth-order valence-corrected chi connectivity index (χ4v) is 2.93. The summed E-state index contributed by atoms with van der Waals surface area (Å²) in [6.45, 7) is 0. The number of rotatable bonds is 4. The van der Waals surface area contributed by atoms with Gasteiger partial charge >= 0.3 is 5.97 Å². The smallest absolute Gasteiger partial charge is 0.312 e. The van der Waals surface area contributed by atoms with Gasteiger partial charge in [0.15, 0.2) is 11.5 Å². The van der Waals surface area contributed by atoms with E-state index in [1.54, 1.807) is 31.4 Å². The van der Waals surface area contributed by atoms with Gasteiger partial charge in [0.1, 0.15) is 17.2 Å². The van der Waals surface area contributed by atoms with E-state index in [1.807, 2.05) is 6.07 Å². The van der Waals surface area contributed by atoms with Gasteiger partial charge in [0.2, 0.25) is 0 Å². The summed E-state index contributed by atoms with van der Waals surface area (Å²) in [6.07, 6.45) is 0.154. The second kappa shape index (κ2) is 6.31. The average Bonchev–Trinajstić information content (AvgIpc) is 2.59. The molecule has 1 heterocycles. The molecule has 6 heteroatoms. The molecule has 24 heavy (non-hydrogen) atoms. The lowest BCUT2D eigenvalue weighted by Crippen LogP contribution is -2.21. The van der Waals surface area contributed by atoms with E-state index in [2.05, 4.69) is 0 Å². The number of phenols is 1. The molecule has 0 fully saturated rings. The fourth-order valence-electron chi connectivity index (χ4n) is 2.93. The average molecular weight is 330 g/mol. The maximum absolute atomic E-state index is 12.0. The van der Waals surface area contributed by atoms with E-state index in [0.29, 0.717) is 23.0 Å². The van der Waals surface area contributed by atoms with Gasteiger partial charge in [-0.05, 0) is 17.7 Å².